The first kappa shape index (κ1) is 24.1. The maximum atomic E-state index is 13.3. The summed E-state index contributed by atoms with van der Waals surface area (Å²) in [5.41, 5.74) is 0.675. The van der Waals surface area contributed by atoms with Gasteiger partial charge in [-0.15, -0.1) is 0 Å². The van der Waals surface area contributed by atoms with Crippen LogP contribution >= 0.6 is 0 Å². The second-order valence-electron chi connectivity index (χ2n) is 8.73. The van der Waals surface area contributed by atoms with Gasteiger partial charge in [-0.2, -0.15) is 0 Å². The summed E-state index contributed by atoms with van der Waals surface area (Å²) in [7, 11) is 2.10. The Bertz CT molecular complexity index is 800. The molecular formula is C23H32FN3O5. The fourth-order valence-electron chi connectivity index (χ4n) is 4.89. The van der Waals surface area contributed by atoms with Crippen molar-refractivity contribution in [2.75, 3.05) is 33.3 Å². The monoisotopic (exact) mass is 449 g/mol. The molecule has 2 saturated heterocycles. The minimum absolute atomic E-state index is 0.0387. The minimum atomic E-state index is -0.326. The molecule has 2 atom stereocenters. The van der Waals surface area contributed by atoms with Crippen LogP contribution < -0.4 is 5.32 Å². The van der Waals surface area contributed by atoms with Crippen molar-refractivity contribution >= 4 is 18.3 Å². The summed E-state index contributed by atoms with van der Waals surface area (Å²) < 4.78 is 19.1. The van der Waals surface area contributed by atoms with Crippen molar-refractivity contribution in [1.82, 2.24) is 15.1 Å². The second kappa shape index (κ2) is 11.4. The van der Waals surface area contributed by atoms with Crippen molar-refractivity contribution < 1.29 is 28.6 Å². The number of amides is 2. The Kier molecular flexibility index (Phi) is 8.58. The van der Waals surface area contributed by atoms with E-state index in [0.717, 1.165) is 45.4 Å². The number of rotatable bonds is 4. The quantitative estimate of drug-likeness (QED) is 0.672. The number of ether oxygens (including phenoxy) is 1. The number of benzene rings is 1. The molecule has 2 heterocycles. The molecule has 0 unspecified atom stereocenters. The van der Waals surface area contributed by atoms with Crippen LogP contribution in [0, 0.1) is 11.7 Å². The van der Waals surface area contributed by atoms with Crippen LogP contribution in [0.15, 0.2) is 24.3 Å². The van der Waals surface area contributed by atoms with Crippen molar-refractivity contribution in [2.45, 2.75) is 50.3 Å². The molecule has 4 rings (SSSR count). The molecule has 1 aromatic rings. The van der Waals surface area contributed by atoms with Crippen LogP contribution in [0.4, 0.5) is 4.39 Å². The summed E-state index contributed by atoms with van der Waals surface area (Å²) in [6.07, 6.45) is 3.53. The lowest BCUT2D eigenvalue weighted by molar-refractivity contribution is -0.136. The first-order chi connectivity index (χ1) is 15.4. The SMILES string of the molecule is CN1CCO[C@H]2CN(C(=O)C3CCC(NC(=O)Cc4cccc(F)c4)CC3)C[C@@H]21.O=CO. The second-order valence-corrected chi connectivity index (χ2v) is 8.73. The van der Waals surface area contributed by atoms with Gasteiger partial charge in [0.2, 0.25) is 11.8 Å². The van der Waals surface area contributed by atoms with Crippen LogP contribution in [0.25, 0.3) is 0 Å². The zero-order valence-electron chi connectivity index (χ0n) is 18.4. The van der Waals surface area contributed by atoms with Crippen LogP contribution in [-0.4, -0.2) is 84.7 Å². The summed E-state index contributed by atoms with van der Waals surface area (Å²) in [5.74, 6) is -0.139. The predicted molar refractivity (Wildman–Crippen MR) is 115 cm³/mol. The largest absolute Gasteiger partial charge is 0.483 e. The third-order valence-electron chi connectivity index (χ3n) is 6.59. The third kappa shape index (κ3) is 6.26. The highest BCUT2D eigenvalue weighted by Crippen LogP contribution is 2.29. The topological polar surface area (TPSA) is 99.2 Å². The number of hydrogen-bond acceptors (Lipinski definition) is 5. The van der Waals surface area contributed by atoms with Crippen molar-refractivity contribution in [3.63, 3.8) is 0 Å². The van der Waals surface area contributed by atoms with Gasteiger partial charge in [0.05, 0.1) is 25.2 Å². The highest BCUT2D eigenvalue weighted by molar-refractivity contribution is 5.80. The maximum Gasteiger partial charge on any atom is 0.290 e. The van der Waals surface area contributed by atoms with E-state index in [9.17, 15) is 14.0 Å². The van der Waals surface area contributed by atoms with Gasteiger partial charge in [-0.3, -0.25) is 19.3 Å². The van der Waals surface area contributed by atoms with Crippen LogP contribution in [0.2, 0.25) is 0 Å². The average Bonchev–Trinajstić information content (AvgIpc) is 3.20. The van der Waals surface area contributed by atoms with Gasteiger partial charge in [0.25, 0.3) is 6.47 Å². The number of likely N-dealkylation sites (tertiary alicyclic amines) is 1. The maximum absolute atomic E-state index is 13.3. The highest BCUT2D eigenvalue weighted by atomic mass is 19.1. The number of carbonyl (C=O) groups excluding carboxylic acids is 2. The molecule has 0 aromatic heterocycles. The molecule has 2 N–H and O–H groups in total. The average molecular weight is 450 g/mol. The Morgan fingerprint density at radius 2 is 1.97 bits per heavy atom. The summed E-state index contributed by atoms with van der Waals surface area (Å²) in [6.45, 7) is 2.85. The molecule has 8 nitrogen and oxygen atoms in total. The van der Waals surface area contributed by atoms with E-state index < -0.39 is 0 Å². The Morgan fingerprint density at radius 3 is 2.62 bits per heavy atom. The molecular weight excluding hydrogens is 417 g/mol. The number of nitrogens with zero attached hydrogens (tertiary/aromatic N) is 2. The van der Waals surface area contributed by atoms with Gasteiger partial charge in [0.1, 0.15) is 5.82 Å². The van der Waals surface area contributed by atoms with Crippen LogP contribution in [0.1, 0.15) is 31.2 Å². The van der Waals surface area contributed by atoms with Gasteiger partial charge in [-0.1, -0.05) is 12.1 Å². The lowest BCUT2D eigenvalue weighted by atomic mass is 9.85. The Balaban J connectivity index is 0.000000913. The lowest BCUT2D eigenvalue weighted by Gasteiger charge is -2.33. The predicted octanol–water partition coefficient (Wildman–Crippen LogP) is 1.29. The number of carboxylic acid groups (broad SMARTS) is 1. The van der Waals surface area contributed by atoms with Crippen LogP contribution in [-0.2, 0) is 25.5 Å². The molecule has 176 valence electrons. The van der Waals surface area contributed by atoms with E-state index >= 15 is 0 Å². The Morgan fingerprint density at radius 1 is 1.25 bits per heavy atom. The lowest BCUT2D eigenvalue weighted by Crippen LogP contribution is -2.48. The zero-order valence-corrected chi connectivity index (χ0v) is 18.4. The molecule has 0 radical (unpaired) electrons. The van der Waals surface area contributed by atoms with Crippen molar-refractivity contribution in [1.29, 1.82) is 0 Å². The van der Waals surface area contributed by atoms with E-state index in [-0.39, 0.29) is 48.6 Å². The summed E-state index contributed by atoms with van der Waals surface area (Å²) in [5, 5.41) is 9.94. The van der Waals surface area contributed by atoms with E-state index in [1.165, 1.54) is 12.1 Å². The first-order valence-corrected chi connectivity index (χ1v) is 11.1. The molecule has 0 spiro atoms. The number of morpholine rings is 1. The molecule has 1 aliphatic carbocycles. The fourth-order valence-corrected chi connectivity index (χ4v) is 4.89. The fraction of sp³-hybridized carbons (Fsp3) is 0.609. The van der Waals surface area contributed by atoms with Gasteiger partial charge < -0.3 is 20.1 Å². The minimum Gasteiger partial charge on any atom is -0.483 e. The van der Waals surface area contributed by atoms with Crippen molar-refractivity contribution in [2.24, 2.45) is 5.92 Å². The van der Waals surface area contributed by atoms with Gasteiger partial charge in [0, 0.05) is 31.6 Å². The number of fused-ring (bicyclic) bond motifs is 1. The van der Waals surface area contributed by atoms with Crippen LogP contribution in [0.3, 0.4) is 0 Å². The molecule has 1 aromatic carbocycles. The molecule has 1 saturated carbocycles. The summed E-state index contributed by atoms with van der Waals surface area (Å²) in [4.78, 5) is 37.9. The Labute approximate surface area is 187 Å². The number of hydrogen-bond donors (Lipinski definition) is 2. The van der Waals surface area contributed by atoms with Gasteiger partial charge in [-0.05, 0) is 50.4 Å². The number of likely N-dealkylation sites (N-methyl/N-ethyl adjacent to an activating group) is 1. The van der Waals surface area contributed by atoms with E-state index in [2.05, 4.69) is 17.3 Å². The van der Waals surface area contributed by atoms with Gasteiger partial charge >= 0.3 is 0 Å². The number of nitrogens with one attached hydrogen (secondary N) is 1. The standard InChI is InChI=1S/C22H30FN3O3.CH2O2/c1-25-9-10-29-20-14-26(13-19(20)25)22(28)16-5-7-18(8-6-16)24-21(27)12-15-3-2-4-17(23)11-15;2-1-3/h2-4,11,16,18-20H,5-10,12-14H2,1H3,(H,24,27);1H,(H,2,3)/t16?,18?,19-,20-;/m0./s1. The third-order valence-corrected chi connectivity index (χ3v) is 6.59. The molecule has 0 bridgehead atoms. The van der Waals surface area contributed by atoms with E-state index in [4.69, 9.17) is 14.6 Å². The molecule has 3 fully saturated rings. The normalized spacial score (nSPS) is 27.6. The van der Waals surface area contributed by atoms with Crippen molar-refractivity contribution in [3.8, 4) is 0 Å². The Hall–Kier alpha value is -2.52. The summed E-state index contributed by atoms with van der Waals surface area (Å²) >= 11 is 0. The molecule has 3 aliphatic rings. The van der Waals surface area contributed by atoms with Gasteiger partial charge in [0.15, 0.2) is 0 Å². The zero-order chi connectivity index (χ0) is 23.1. The van der Waals surface area contributed by atoms with E-state index in [0.29, 0.717) is 18.2 Å². The molecule has 9 heteroatoms. The summed E-state index contributed by atoms with van der Waals surface area (Å²) in [6, 6.07) is 6.55. The first-order valence-electron chi connectivity index (χ1n) is 11.1. The number of carbonyl (C=O) groups is 3. The van der Waals surface area contributed by atoms with Gasteiger partial charge in [-0.25, -0.2) is 4.39 Å². The smallest absolute Gasteiger partial charge is 0.290 e. The highest BCUT2D eigenvalue weighted by Gasteiger charge is 2.42. The van der Waals surface area contributed by atoms with Crippen LogP contribution in [0.5, 0.6) is 0 Å². The molecule has 32 heavy (non-hydrogen) atoms. The van der Waals surface area contributed by atoms with E-state index in [1.54, 1.807) is 12.1 Å². The molecule has 2 aliphatic heterocycles. The van der Waals surface area contributed by atoms with Crippen molar-refractivity contribution in [3.05, 3.63) is 35.6 Å². The molecule has 2 amide bonds. The van der Waals surface area contributed by atoms with E-state index in [1.807, 2.05) is 4.90 Å². The number of halogens is 1.